The Morgan fingerprint density at radius 1 is 1.32 bits per heavy atom. The van der Waals surface area contributed by atoms with Crippen LogP contribution in [-0.4, -0.2) is 52.0 Å². The first-order chi connectivity index (χ1) is 13.2. The van der Waals surface area contributed by atoms with E-state index in [4.69, 9.17) is 11.6 Å². The van der Waals surface area contributed by atoms with Crippen LogP contribution >= 0.6 is 23.4 Å². The van der Waals surface area contributed by atoms with Crippen LogP contribution in [0.25, 0.3) is 0 Å². The summed E-state index contributed by atoms with van der Waals surface area (Å²) in [5.74, 6) is -0.326. The lowest BCUT2D eigenvalue weighted by atomic mass is 10.1. The van der Waals surface area contributed by atoms with Gasteiger partial charge in [-0.3, -0.25) is 4.79 Å². The van der Waals surface area contributed by atoms with E-state index >= 15 is 0 Å². The molecule has 9 heteroatoms. The molecule has 0 radical (unpaired) electrons. The van der Waals surface area contributed by atoms with Gasteiger partial charge in [0.15, 0.2) is 20.7 Å². The Bertz CT molecular complexity index is 952. The van der Waals surface area contributed by atoms with E-state index in [2.05, 4.69) is 9.97 Å². The zero-order valence-electron chi connectivity index (χ0n) is 15.7. The minimum absolute atomic E-state index is 0.0398. The topological polar surface area (TPSA) is 80.2 Å². The number of carbonyl (C=O) groups is 1. The van der Waals surface area contributed by atoms with E-state index in [-0.39, 0.29) is 33.4 Å². The maximum Gasteiger partial charge on any atom is 0.274 e. The van der Waals surface area contributed by atoms with Crippen LogP contribution in [0.4, 0.5) is 0 Å². The second-order valence-electron chi connectivity index (χ2n) is 6.99. The summed E-state index contributed by atoms with van der Waals surface area (Å²) in [6, 6.07) is 9.09. The molecule has 0 aliphatic carbocycles. The van der Waals surface area contributed by atoms with Gasteiger partial charge in [0.1, 0.15) is 0 Å². The number of benzene rings is 1. The van der Waals surface area contributed by atoms with Gasteiger partial charge < -0.3 is 4.90 Å². The second-order valence-corrected chi connectivity index (χ2v) is 11.2. The number of amides is 1. The van der Waals surface area contributed by atoms with Crippen molar-refractivity contribution in [3.63, 3.8) is 0 Å². The van der Waals surface area contributed by atoms with E-state index < -0.39 is 15.9 Å². The first-order valence-electron chi connectivity index (χ1n) is 8.99. The molecule has 0 saturated carbocycles. The fourth-order valence-corrected chi connectivity index (χ4v) is 5.65. The Labute approximate surface area is 174 Å². The first kappa shape index (κ1) is 21.1. The lowest BCUT2D eigenvalue weighted by molar-refractivity contribution is 0.0674. The average Bonchev–Trinajstić information content (AvgIpc) is 3.01. The molecule has 1 aliphatic rings. The minimum Gasteiger partial charge on any atom is -0.329 e. The highest BCUT2D eigenvalue weighted by atomic mass is 35.5. The van der Waals surface area contributed by atoms with Gasteiger partial charge in [0, 0.05) is 17.8 Å². The second kappa shape index (κ2) is 8.80. The lowest BCUT2D eigenvalue weighted by Crippen LogP contribution is -2.41. The van der Waals surface area contributed by atoms with Gasteiger partial charge in [-0.2, -0.15) is 0 Å². The maximum absolute atomic E-state index is 13.4. The molecule has 1 aromatic carbocycles. The van der Waals surface area contributed by atoms with E-state index in [0.717, 1.165) is 5.56 Å². The molecule has 1 amide bonds. The molecule has 1 aromatic heterocycles. The third-order valence-corrected chi connectivity index (χ3v) is 7.28. The standard InChI is InChI=1S/C19H22ClN3O3S2/c1-13(2)27-19-21-10-16(20)17(22-19)18(24)23(11-14-6-4-3-5-7-14)15-8-9-28(25,26)12-15/h3-7,10,13,15H,8-9,11-12H2,1-2H3. The Morgan fingerprint density at radius 2 is 2.04 bits per heavy atom. The molecule has 0 bridgehead atoms. The van der Waals surface area contributed by atoms with Gasteiger partial charge in [0.2, 0.25) is 0 Å². The summed E-state index contributed by atoms with van der Waals surface area (Å²) in [5, 5.41) is 0.892. The molecule has 1 saturated heterocycles. The number of thioether (sulfide) groups is 1. The number of hydrogen-bond donors (Lipinski definition) is 0. The van der Waals surface area contributed by atoms with Crippen LogP contribution in [0.3, 0.4) is 0 Å². The van der Waals surface area contributed by atoms with Crippen LogP contribution < -0.4 is 0 Å². The first-order valence-corrected chi connectivity index (χ1v) is 12.1. The Kier molecular flexibility index (Phi) is 6.62. The van der Waals surface area contributed by atoms with Crippen molar-refractivity contribution in [3.8, 4) is 0 Å². The normalized spacial score (nSPS) is 18.4. The summed E-state index contributed by atoms with van der Waals surface area (Å²) in [6.07, 6.45) is 1.84. The maximum atomic E-state index is 13.4. The number of aromatic nitrogens is 2. The van der Waals surface area contributed by atoms with Gasteiger partial charge >= 0.3 is 0 Å². The lowest BCUT2D eigenvalue weighted by Gasteiger charge is -2.28. The van der Waals surface area contributed by atoms with Gasteiger partial charge in [-0.1, -0.05) is 67.5 Å². The van der Waals surface area contributed by atoms with Crippen LogP contribution in [0.2, 0.25) is 5.02 Å². The van der Waals surface area contributed by atoms with Gasteiger partial charge in [0.05, 0.1) is 22.7 Å². The van der Waals surface area contributed by atoms with Crippen molar-refractivity contribution in [3.05, 3.63) is 52.8 Å². The molecule has 1 unspecified atom stereocenters. The van der Waals surface area contributed by atoms with Crippen molar-refractivity contribution in [2.75, 3.05) is 11.5 Å². The van der Waals surface area contributed by atoms with E-state index in [9.17, 15) is 13.2 Å². The van der Waals surface area contributed by atoms with Crippen LogP contribution in [-0.2, 0) is 16.4 Å². The number of carbonyl (C=O) groups excluding carboxylic acids is 1. The van der Waals surface area contributed by atoms with Crippen LogP contribution in [0, 0.1) is 0 Å². The fraction of sp³-hybridized carbons (Fsp3) is 0.421. The highest BCUT2D eigenvalue weighted by Gasteiger charge is 2.36. The molecule has 1 atom stereocenters. The number of sulfone groups is 1. The molecule has 3 rings (SSSR count). The molecule has 0 N–H and O–H groups in total. The van der Waals surface area contributed by atoms with E-state index in [1.165, 1.54) is 18.0 Å². The quantitative estimate of drug-likeness (QED) is 0.506. The predicted molar refractivity (Wildman–Crippen MR) is 111 cm³/mol. The highest BCUT2D eigenvalue weighted by molar-refractivity contribution is 7.99. The molecular formula is C19H22ClN3O3S2. The number of nitrogens with zero attached hydrogens (tertiary/aromatic N) is 3. The fourth-order valence-electron chi connectivity index (χ4n) is 3.07. The summed E-state index contributed by atoms with van der Waals surface area (Å²) >= 11 is 7.68. The summed E-state index contributed by atoms with van der Waals surface area (Å²) < 4.78 is 24.0. The molecule has 150 valence electrons. The molecule has 2 heterocycles. The monoisotopic (exact) mass is 439 g/mol. The molecule has 2 aromatic rings. The van der Waals surface area contributed by atoms with Gasteiger partial charge in [-0.25, -0.2) is 18.4 Å². The Hall–Kier alpha value is -1.64. The van der Waals surface area contributed by atoms with Crippen molar-refractivity contribution in [2.24, 2.45) is 0 Å². The van der Waals surface area contributed by atoms with Crippen molar-refractivity contribution in [2.45, 2.75) is 43.3 Å². The summed E-state index contributed by atoms with van der Waals surface area (Å²) in [5.41, 5.74) is 1.03. The molecule has 1 fully saturated rings. The molecule has 6 nitrogen and oxygen atoms in total. The van der Waals surface area contributed by atoms with Crippen LogP contribution in [0.1, 0.15) is 36.3 Å². The van der Waals surface area contributed by atoms with E-state index in [1.807, 2.05) is 44.2 Å². The number of rotatable bonds is 6. The zero-order valence-corrected chi connectivity index (χ0v) is 18.1. The summed E-state index contributed by atoms with van der Waals surface area (Å²) in [7, 11) is -3.15. The van der Waals surface area contributed by atoms with E-state index in [1.54, 1.807) is 4.90 Å². The number of halogens is 1. The SMILES string of the molecule is CC(C)Sc1ncc(Cl)c(C(=O)N(Cc2ccccc2)C2CCS(=O)(=O)C2)n1. The van der Waals surface area contributed by atoms with Crippen LogP contribution in [0.5, 0.6) is 0 Å². The largest absolute Gasteiger partial charge is 0.329 e. The van der Waals surface area contributed by atoms with Crippen molar-refractivity contribution in [1.29, 1.82) is 0 Å². The van der Waals surface area contributed by atoms with Gasteiger partial charge in [-0.05, 0) is 12.0 Å². The number of hydrogen-bond acceptors (Lipinski definition) is 6. The molecule has 0 spiro atoms. The third-order valence-electron chi connectivity index (χ3n) is 4.37. The van der Waals surface area contributed by atoms with Crippen LogP contribution in [0.15, 0.2) is 41.7 Å². The minimum atomic E-state index is -3.15. The van der Waals surface area contributed by atoms with Crippen molar-refractivity contribution >= 4 is 39.1 Å². The smallest absolute Gasteiger partial charge is 0.274 e. The zero-order chi connectivity index (χ0) is 20.3. The van der Waals surface area contributed by atoms with E-state index in [0.29, 0.717) is 18.1 Å². The van der Waals surface area contributed by atoms with Crippen molar-refractivity contribution in [1.82, 2.24) is 14.9 Å². The third kappa shape index (κ3) is 5.24. The summed E-state index contributed by atoms with van der Waals surface area (Å²) in [6.45, 7) is 4.32. The highest BCUT2D eigenvalue weighted by Crippen LogP contribution is 2.26. The molecule has 1 aliphatic heterocycles. The Morgan fingerprint density at radius 3 is 2.64 bits per heavy atom. The van der Waals surface area contributed by atoms with Gasteiger partial charge in [-0.15, -0.1) is 0 Å². The Balaban J connectivity index is 1.94. The average molecular weight is 440 g/mol. The molecule has 28 heavy (non-hydrogen) atoms. The van der Waals surface area contributed by atoms with Gasteiger partial charge in [0.25, 0.3) is 5.91 Å². The predicted octanol–water partition coefficient (Wildman–Crippen LogP) is 3.46. The molecular weight excluding hydrogens is 418 g/mol. The summed E-state index contributed by atoms with van der Waals surface area (Å²) in [4.78, 5) is 23.5. The van der Waals surface area contributed by atoms with Crippen molar-refractivity contribution < 1.29 is 13.2 Å².